The molecule has 1 saturated carbocycles. The molecule has 1 atom stereocenters. The number of ether oxygens (including phenoxy) is 1. The third kappa shape index (κ3) is 3.76. The molecule has 3 heterocycles. The van der Waals surface area contributed by atoms with E-state index in [4.69, 9.17) is 15.6 Å². The zero-order valence-electron chi connectivity index (χ0n) is 15.4. The molecule has 1 spiro atoms. The molecule has 0 aromatic carbocycles. The normalized spacial score (nSPS) is 22.4. The Morgan fingerprint density at radius 1 is 1.41 bits per heavy atom. The van der Waals surface area contributed by atoms with Gasteiger partial charge in [-0.05, 0) is 49.7 Å². The van der Waals surface area contributed by atoms with Crippen molar-refractivity contribution in [2.24, 2.45) is 11.7 Å². The van der Waals surface area contributed by atoms with Crippen molar-refractivity contribution in [2.45, 2.75) is 43.7 Å². The Morgan fingerprint density at radius 3 is 2.81 bits per heavy atom. The molecule has 2 aliphatic heterocycles. The van der Waals surface area contributed by atoms with Gasteiger partial charge in [0, 0.05) is 24.5 Å². The maximum Gasteiger partial charge on any atom is 0.261 e. The molecule has 148 valence electrons. The smallest absolute Gasteiger partial charge is 0.261 e. The Balaban J connectivity index is 1.46. The quantitative estimate of drug-likeness (QED) is 0.679. The summed E-state index contributed by atoms with van der Waals surface area (Å²) in [6.45, 7) is 2.16. The fourth-order valence-corrected chi connectivity index (χ4v) is 5.28. The van der Waals surface area contributed by atoms with Crippen molar-refractivity contribution >= 4 is 23.2 Å². The SMILES string of the molecule is N[C@@H](CO)C(=O)N1CCC2(CC1)OCCc1cc(C(=O)NCC3CC3)sc12. The molecule has 7 nitrogen and oxygen atoms in total. The molecule has 0 radical (unpaired) electrons. The van der Waals surface area contributed by atoms with Crippen molar-refractivity contribution in [3.05, 3.63) is 21.4 Å². The number of carbonyl (C=O) groups excluding carboxylic acids is 2. The molecule has 4 N–H and O–H groups in total. The largest absolute Gasteiger partial charge is 0.394 e. The molecular weight excluding hydrogens is 366 g/mol. The van der Waals surface area contributed by atoms with E-state index in [1.54, 1.807) is 4.90 Å². The first-order valence-corrected chi connectivity index (χ1v) is 10.5. The maximum absolute atomic E-state index is 12.5. The number of nitrogens with one attached hydrogen (secondary N) is 1. The molecule has 2 amide bonds. The van der Waals surface area contributed by atoms with Crippen molar-refractivity contribution in [3.8, 4) is 0 Å². The van der Waals surface area contributed by atoms with Crippen LogP contribution in [0.2, 0.25) is 0 Å². The van der Waals surface area contributed by atoms with Gasteiger partial charge in [-0.15, -0.1) is 11.3 Å². The van der Waals surface area contributed by atoms with Gasteiger partial charge >= 0.3 is 0 Å². The number of piperidine rings is 1. The van der Waals surface area contributed by atoms with Gasteiger partial charge in [0.15, 0.2) is 0 Å². The number of nitrogens with two attached hydrogens (primary N) is 1. The Labute approximate surface area is 162 Å². The summed E-state index contributed by atoms with van der Waals surface area (Å²) in [5.74, 6) is 0.457. The highest BCUT2D eigenvalue weighted by Crippen LogP contribution is 2.45. The van der Waals surface area contributed by atoms with E-state index < -0.39 is 11.6 Å². The minimum atomic E-state index is -0.856. The van der Waals surface area contributed by atoms with E-state index in [-0.39, 0.29) is 18.4 Å². The molecule has 0 bridgehead atoms. The topological polar surface area (TPSA) is 105 Å². The number of likely N-dealkylation sites (tertiary alicyclic amines) is 1. The van der Waals surface area contributed by atoms with Crippen LogP contribution in [-0.4, -0.2) is 60.7 Å². The van der Waals surface area contributed by atoms with Crippen molar-refractivity contribution in [3.63, 3.8) is 0 Å². The third-order valence-electron chi connectivity index (χ3n) is 5.84. The molecule has 1 aliphatic carbocycles. The van der Waals surface area contributed by atoms with E-state index in [1.165, 1.54) is 29.7 Å². The predicted molar refractivity (Wildman–Crippen MR) is 102 cm³/mol. The molecule has 1 saturated heterocycles. The Hall–Kier alpha value is -1.48. The summed E-state index contributed by atoms with van der Waals surface area (Å²) in [6, 6.07) is 1.16. The number of hydrogen-bond acceptors (Lipinski definition) is 6. The van der Waals surface area contributed by atoms with E-state index >= 15 is 0 Å². The van der Waals surface area contributed by atoms with Crippen LogP contribution in [0.4, 0.5) is 0 Å². The number of aliphatic hydroxyl groups excluding tert-OH is 1. The maximum atomic E-state index is 12.5. The lowest BCUT2D eigenvalue weighted by Crippen LogP contribution is -2.52. The van der Waals surface area contributed by atoms with Crippen LogP contribution in [0.1, 0.15) is 45.8 Å². The Kier molecular flexibility index (Phi) is 5.24. The number of thiophene rings is 1. The summed E-state index contributed by atoms with van der Waals surface area (Å²) in [7, 11) is 0. The predicted octanol–water partition coefficient (Wildman–Crippen LogP) is 0.598. The lowest BCUT2D eigenvalue weighted by atomic mass is 9.85. The van der Waals surface area contributed by atoms with Crippen molar-refractivity contribution in [2.75, 3.05) is 32.8 Å². The first kappa shape index (κ1) is 18.9. The van der Waals surface area contributed by atoms with Gasteiger partial charge in [0.05, 0.1) is 18.1 Å². The van der Waals surface area contributed by atoms with Crippen molar-refractivity contribution < 1.29 is 19.4 Å². The second kappa shape index (κ2) is 7.50. The second-order valence-corrected chi connectivity index (χ2v) is 8.88. The van der Waals surface area contributed by atoms with Crippen LogP contribution < -0.4 is 11.1 Å². The summed E-state index contributed by atoms with van der Waals surface area (Å²) < 4.78 is 6.21. The average molecular weight is 394 g/mol. The molecule has 8 heteroatoms. The number of nitrogens with zero attached hydrogens (tertiary/aromatic N) is 1. The fourth-order valence-electron chi connectivity index (χ4n) is 3.95. The zero-order valence-corrected chi connectivity index (χ0v) is 16.2. The van der Waals surface area contributed by atoms with Crippen LogP contribution in [0.15, 0.2) is 6.07 Å². The minimum Gasteiger partial charge on any atom is -0.394 e. The van der Waals surface area contributed by atoms with E-state index in [0.29, 0.717) is 38.5 Å². The Bertz CT molecular complexity index is 723. The van der Waals surface area contributed by atoms with Crippen molar-refractivity contribution in [1.29, 1.82) is 0 Å². The summed E-state index contributed by atoms with van der Waals surface area (Å²) in [5.41, 5.74) is 6.46. The fraction of sp³-hybridized carbons (Fsp3) is 0.684. The lowest BCUT2D eigenvalue weighted by Gasteiger charge is -2.44. The molecule has 0 unspecified atom stereocenters. The van der Waals surface area contributed by atoms with E-state index in [9.17, 15) is 9.59 Å². The van der Waals surface area contributed by atoms with Gasteiger partial charge in [0.1, 0.15) is 11.6 Å². The van der Waals surface area contributed by atoms with E-state index in [0.717, 1.165) is 22.7 Å². The number of amides is 2. The highest BCUT2D eigenvalue weighted by molar-refractivity contribution is 7.14. The highest BCUT2D eigenvalue weighted by Gasteiger charge is 2.44. The van der Waals surface area contributed by atoms with Crippen molar-refractivity contribution in [1.82, 2.24) is 10.2 Å². The highest BCUT2D eigenvalue weighted by atomic mass is 32.1. The van der Waals surface area contributed by atoms with Crippen LogP contribution in [0.5, 0.6) is 0 Å². The molecule has 2 fully saturated rings. The van der Waals surface area contributed by atoms with E-state index in [2.05, 4.69) is 5.32 Å². The van der Waals surface area contributed by atoms with Gasteiger partial charge in [0.25, 0.3) is 5.91 Å². The van der Waals surface area contributed by atoms with E-state index in [1.807, 2.05) is 6.07 Å². The van der Waals surface area contributed by atoms with Gasteiger partial charge in [0.2, 0.25) is 5.91 Å². The minimum absolute atomic E-state index is 0.0120. The van der Waals surface area contributed by atoms with Gasteiger partial charge in [-0.25, -0.2) is 0 Å². The standard InChI is InChI=1S/C19H27N3O4S/c20-14(11-23)18(25)22-6-4-19(5-7-22)16-13(3-8-26-19)9-15(27-16)17(24)21-10-12-1-2-12/h9,12,14,23H,1-8,10-11,20H2,(H,21,24)/t14-/m0/s1. The van der Waals surface area contributed by atoms with Gasteiger partial charge in [-0.2, -0.15) is 0 Å². The molecule has 1 aromatic heterocycles. The lowest BCUT2D eigenvalue weighted by molar-refractivity contribution is -0.142. The average Bonchev–Trinajstić information content (AvgIpc) is 3.41. The second-order valence-electron chi connectivity index (χ2n) is 7.83. The summed E-state index contributed by atoms with van der Waals surface area (Å²) >= 11 is 1.54. The van der Waals surface area contributed by atoms with Crippen LogP contribution in [0.3, 0.4) is 0 Å². The monoisotopic (exact) mass is 393 g/mol. The van der Waals surface area contributed by atoms with Crippen LogP contribution in [-0.2, 0) is 21.6 Å². The molecule has 4 rings (SSSR count). The van der Waals surface area contributed by atoms with Gasteiger partial charge in [-0.3, -0.25) is 9.59 Å². The third-order valence-corrected chi connectivity index (χ3v) is 7.20. The first-order valence-electron chi connectivity index (χ1n) is 9.73. The number of hydrogen-bond donors (Lipinski definition) is 3. The number of carbonyl (C=O) groups is 2. The van der Waals surface area contributed by atoms with Gasteiger partial charge < -0.3 is 25.8 Å². The van der Waals surface area contributed by atoms with Crippen LogP contribution in [0, 0.1) is 5.92 Å². The summed E-state index contributed by atoms with van der Waals surface area (Å²) in [5, 5.41) is 12.2. The first-order chi connectivity index (χ1) is 13.0. The van der Waals surface area contributed by atoms with Gasteiger partial charge in [-0.1, -0.05) is 0 Å². The van der Waals surface area contributed by atoms with Crippen LogP contribution in [0.25, 0.3) is 0 Å². The Morgan fingerprint density at radius 2 is 2.15 bits per heavy atom. The number of rotatable bonds is 5. The summed E-state index contributed by atoms with van der Waals surface area (Å²) in [4.78, 5) is 28.3. The number of aliphatic hydroxyl groups is 1. The van der Waals surface area contributed by atoms with Crippen LogP contribution >= 0.6 is 11.3 Å². The summed E-state index contributed by atoms with van der Waals surface area (Å²) in [6.07, 6.45) is 4.63. The molecule has 27 heavy (non-hydrogen) atoms. The number of fused-ring (bicyclic) bond motifs is 2. The molecular formula is C19H27N3O4S. The molecule has 3 aliphatic rings. The zero-order chi connectivity index (χ0) is 19.0. The molecule has 1 aromatic rings.